The second kappa shape index (κ2) is 5.32. The van der Waals surface area contributed by atoms with Crippen molar-refractivity contribution in [3.8, 4) is 0 Å². The molecule has 21 heavy (non-hydrogen) atoms. The molecule has 1 atom stereocenters. The Morgan fingerprint density at radius 1 is 1.14 bits per heavy atom. The Balaban J connectivity index is 2.25. The molecule has 0 aliphatic heterocycles. The number of nitrogens with zero attached hydrogens (tertiary/aromatic N) is 4. The van der Waals surface area contributed by atoms with Gasteiger partial charge in [-0.2, -0.15) is 5.10 Å². The van der Waals surface area contributed by atoms with Crippen LogP contribution in [0.4, 0.5) is 0 Å². The number of aryl methyl sites for hydroxylation is 1. The minimum Gasteiger partial charge on any atom is -0.337 e. The molecule has 2 aromatic rings. The highest BCUT2D eigenvalue weighted by Crippen LogP contribution is 2.33. The van der Waals surface area contributed by atoms with E-state index in [0.717, 1.165) is 6.42 Å². The molecule has 2 rings (SSSR count). The number of aromatic nitrogens is 4. The molecule has 4 nitrogen and oxygen atoms in total. The second-order valence-corrected chi connectivity index (χ2v) is 7.74. The maximum Gasteiger partial charge on any atom is 0.0945 e. The van der Waals surface area contributed by atoms with Crippen molar-refractivity contribution in [2.75, 3.05) is 0 Å². The largest absolute Gasteiger partial charge is 0.337 e. The average molecular weight is 288 g/mol. The van der Waals surface area contributed by atoms with Crippen molar-refractivity contribution in [2.45, 2.75) is 64.8 Å². The molecule has 0 bridgehead atoms. The molecule has 1 unspecified atom stereocenters. The lowest BCUT2D eigenvalue weighted by Gasteiger charge is -2.31. The molecule has 2 aromatic heterocycles. The van der Waals surface area contributed by atoms with E-state index in [2.05, 4.69) is 74.0 Å². The smallest absolute Gasteiger partial charge is 0.0945 e. The molecule has 0 fully saturated rings. The summed E-state index contributed by atoms with van der Waals surface area (Å²) in [6.45, 7) is 13.5. The third-order valence-electron chi connectivity index (χ3n) is 4.17. The van der Waals surface area contributed by atoms with E-state index in [9.17, 15) is 0 Å². The van der Waals surface area contributed by atoms with Crippen LogP contribution in [0.15, 0.2) is 24.8 Å². The quantitative estimate of drug-likeness (QED) is 0.857. The maximum absolute atomic E-state index is 4.56. The van der Waals surface area contributed by atoms with Crippen molar-refractivity contribution < 1.29 is 0 Å². The van der Waals surface area contributed by atoms with Gasteiger partial charge < -0.3 is 4.57 Å². The summed E-state index contributed by atoms with van der Waals surface area (Å²) < 4.78 is 4.29. The van der Waals surface area contributed by atoms with Crippen molar-refractivity contribution in [3.63, 3.8) is 0 Å². The van der Waals surface area contributed by atoms with Crippen LogP contribution >= 0.6 is 0 Å². The van der Waals surface area contributed by atoms with E-state index >= 15 is 0 Å². The van der Waals surface area contributed by atoms with Gasteiger partial charge in [0.05, 0.1) is 12.4 Å². The molecule has 0 aliphatic carbocycles. The Kier molecular flexibility index (Phi) is 4.00. The molecule has 0 N–H and O–H groups in total. The van der Waals surface area contributed by atoms with Crippen LogP contribution in [-0.4, -0.2) is 19.3 Å². The summed E-state index contributed by atoms with van der Waals surface area (Å²) in [4.78, 5) is 4.26. The first-order valence-electron chi connectivity index (χ1n) is 7.64. The summed E-state index contributed by atoms with van der Waals surface area (Å²) in [6, 6.07) is 2.48. The summed E-state index contributed by atoms with van der Waals surface area (Å²) >= 11 is 0. The highest BCUT2D eigenvalue weighted by Gasteiger charge is 2.29. The highest BCUT2D eigenvalue weighted by atomic mass is 15.3. The van der Waals surface area contributed by atoms with Crippen molar-refractivity contribution in [3.05, 3.63) is 36.2 Å². The normalized spacial score (nSPS) is 14.4. The van der Waals surface area contributed by atoms with E-state index < -0.39 is 0 Å². The molecular formula is C17H28N4. The second-order valence-electron chi connectivity index (χ2n) is 7.74. The van der Waals surface area contributed by atoms with Crippen LogP contribution in [-0.2, 0) is 17.9 Å². The zero-order valence-electron chi connectivity index (χ0n) is 14.4. The van der Waals surface area contributed by atoms with Crippen LogP contribution in [0.5, 0.6) is 0 Å². The fourth-order valence-corrected chi connectivity index (χ4v) is 3.20. The van der Waals surface area contributed by atoms with Gasteiger partial charge in [0.25, 0.3) is 0 Å². The molecule has 116 valence electrons. The fraction of sp³-hybridized carbons (Fsp3) is 0.647. The predicted octanol–water partition coefficient (Wildman–Crippen LogP) is 3.84. The van der Waals surface area contributed by atoms with Crippen LogP contribution in [0, 0.1) is 0 Å². The molecule has 0 radical (unpaired) electrons. The minimum absolute atomic E-state index is 0.0613. The number of rotatable bonds is 4. The van der Waals surface area contributed by atoms with E-state index in [0.29, 0.717) is 6.04 Å². The molecule has 2 heterocycles. The molecule has 0 saturated carbocycles. The van der Waals surface area contributed by atoms with Gasteiger partial charge >= 0.3 is 0 Å². The van der Waals surface area contributed by atoms with Gasteiger partial charge in [0.15, 0.2) is 0 Å². The van der Waals surface area contributed by atoms with Crippen molar-refractivity contribution >= 4 is 0 Å². The van der Waals surface area contributed by atoms with Crippen molar-refractivity contribution in [2.24, 2.45) is 7.05 Å². The SMILES string of the molecule is CC(CC(C)(C)c1cncn1C)n1nccc1C(C)(C)C. The third-order valence-corrected chi connectivity index (χ3v) is 4.17. The van der Waals surface area contributed by atoms with Gasteiger partial charge in [0.2, 0.25) is 0 Å². The maximum atomic E-state index is 4.56. The van der Waals surface area contributed by atoms with Gasteiger partial charge in [-0.15, -0.1) is 0 Å². The average Bonchev–Trinajstić information content (AvgIpc) is 2.94. The van der Waals surface area contributed by atoms with Crippen molar-refractivity contribution in [1.82, 2.24) is 19.3 Å². The minimum atomic E-state index is 0.0613. The fourth-order valence-electron chi connectivity index (χ4n) is 3.20. The molecule has 0 amide bonds. The monoisotopic (exact) mass is 288 g/mol. The first-order valence-corrected chi connectivity index (χ1v) is 7.64. The third kappa shape index (κ3) is 3.20. The summed E-state index contributed by atoms with van der Waals surface area (Å²) in [5.41, 5.74) is 2.72. The lowest BCUT2D eigenvalue weighted by Crippen LogP contribution is -2.28. The summed E-state index contributed by atoms with van der Waals surface area (Å²) in [5.74, 6) is 0. The summed E-state index contributed by atoms with van der Waals surface area (Å²) in [5, 5.41) is 4.56. The van der Waals surface area contributed by atoms with Gasteiger partial charge in [-0.1, -0.05) is 34.6 Å². The van der Waals surface area contributed by atoms with Gasteiger partial charge in [0, 0.05) is 41.7 Å². The zero-order valence-corrected chi connectivity index (χ0v) is 14.4. The topological polar surface area (TPSA) is 35.6 Å². The Labute approximate surface area is 128 Å². The zero-order chi connectivity index (χ0) is 15.8. The van der Waals surface area contributed by atoms with Crippen molar-refractivity contribution in [1.29, 1.82) is 0 Å². The van der Waals surface area contributed by atoms with Crippen LogP contribution in [0.2, 0.25) is 0 Å². The van der Waals surface area contributed by atoms with E-state index in [-0.39, 0.29) is 10.8 Å². The number of hydrogen-bond acceptors (Lipinski definition) is 2. The molecule has 0 spiro atoms. The Morgan fingerprint density at radius 3 is 2.33 bits per heavy atom. The van der Waals surface area contributed by atoms with E-state index in [1.165, 1.54) is 11.4 Å². The van der Waals surface area contributed by atoms with Gasteiger partial charge in [-0.3, -0.25) is 4.68 Å². The molecular weight excluding hydrogens is 260 g/mol. The number of imidazole rings is 1. The van der Waals surface area contributed by atoms with Gasteiger partial charge in [0.1, 0.15) is 0 Å². The Bertz CT molecular complexity index is 598. The van der Waals surface area contributed by atoms with E-state index in [1.54, 1.807) is 0 Å². The molecule has 0 aromatic carbocycles. The van der Waals surface area contributed by atoms with Crippen LogP contribution in [0.3, 0.4) is 0 Å². The van der Waals surface area contributed by atoms with Crippen LogP contribution in [0.25, 0.3) is 0 Å². The molecule has 4 heteroatoms. The van der Waals surface area contributed by atoms with Crippen LogP contribution in [0.1, 0.15) is 65.4 Å². The van der Waals surface area contributed by atoms with E-state index in [1.807, 2.05) is 18.7 Å². The lowest BCUT2D eigenvalue weighted by atomic mass is 9.82. The van der Waals surface area contributed by atoms with Gasteiger partial charge in [-0.25, -0.2) is 4.98 Å². The highest BCUT2D eigenvalue weighted by molar-refractivity contribution is 5.15. The van der Waals surface area contributed by atoms with Gasteiger partial charge in [-0.05, 0) is 19.4 Å². The predicted molar refractivity (Wildman–Crippen MR) is 86.5 cm³/mol. The van der Waals surface area contributed by atoms with Crippen LogP contribution < -0.4 is 0 Å². The Hall–Kier alpha value is -1.58. The summed E-state index contributed by atoms with van der Waals surface area (Å²) in [7, 11) is 2.06. The molecule has 0 aliphatic rings. The van der Waals surface area contributed by atoms with E-state index in [4.69, 9.17) is 0 Å². The standard InChI is InChI=1S/C17H28N4/c1-13(21-14(8-9-19-21)16(2,3)4)10-17(5,6)15-11-18-12-20(15)7/h8-9,11-13H,10H2,1-7H3. The number of hydrogen-bond donors (Lipinski definition) is 0. The first kappa shape index (κ1) is 15.8. The first-order chi connectivity index (χ1) is 9.63. The molecule has 0 saturated heterocycles. The Morgan fingerprint density at radius 2 is 1.81 bits per heavy atom. The lowest BCUT2D eigenvalue weighted by molar-refractivity contribution is 0.324. The summed E-state index contributed by atoms with van der Waals surface area (Å²) in [6.07, 6.45) is 6.78.